The smallest absolute Gasteiger partial charge is 0.231 e. The maximum absolute atomic E-state index is 6.88. The SMILES string of the molecule is c1ccc(-c2cccc(-c3nc(-c4ccccc4)nc4oc5cc6c7ccccc7n(-c7cccc(-c8cccc(-c9ccc%10c%11cc(-c%12ccc%13c(c%12)c%12cc%14oc%15nc(-c%16ccccc%16)nc(-c%16ccccc%16)c%15c%14cc%12n%13-c%12ccccc%12)ccc%11n(-c%11ccccc%11)c%10c9)c8)c7)c6cc5c34)c2)cc1. The van der Waals surface area contributed by atoms with E-state index in [9.17, 15) is 0 Å². The van der Waals surface area contributed by atoms with Crippen LogP contribution < -0.4 is 0 Å². The van der Waals surface area contributed by atoms with Gasteiger partial charge in [-0.3, -0.25) is 0 Å². The quantitative estimate of drug-likeness (QED) is 0.128. The van der Waals surface area contributed by atoms with Crippen molar-refractivity contribution in [3.63, 3.8) is 0 Å². The van der Waals surface area contributed by atoms with Crippen LogP contribution >= 0.6 is 0 Å². The summed E-state index contributed by atoms with van der Waals surface area (Å²) in [6, 6.07) is 128. The molecule has 0 saturated carbocycles. The highest BCUT2D eigenvalue weighted by molar-refractivity contribution is 6.22. The van der Waals surface area contributed by atoms with E-state index >= 15 is 0 Å². The van der Waals surface area contributed by atoms with Crippen LogP contribution in [0.5, 0.6) is 0 Å². The van der Waals surface area contributed by atoms with Crippen LogP contribution in [0.25, 0.3) is 216 Å². The Balaban J connectivity index is 0.650. The van der Waals surface area contributed by atoms with E-state index in [2.05, 4.69) is 317 Å². The number of rotatable bonds is 11. The van der Waals surface area contributed by atoms with Gasteiger partial charge in [0, 0.05) is 82.4 Å². The van der Waals surface area contributed by atoms with Gasteiger partial charge in [0.1, 0.15) is 11.2 Å². The Hall–Kier alpha value is -14.5. The maximum Gasteiger partial charge on any atom is 0.231 e. The summed E-state index contributed by atoms with van der Waals surface area (Å²) in [7, 11) is 0. The summed E-state index contributed by atoms with van der Waals surface area (Å²) >= 11 is 0. The summed E-state index contributed by atoms with van der Waals surface area (Å²) < 4.78 is 20.9. The van der Waals surface area contributed by atoms with Crippen LogP contribution in [0, 0.1) is 0 Å². The Morgan fingerprint density at radius 3 is 1.09 bits per heavy atom. The molecule has 22 rings (SSSR count). The molecule has 0 radical (unpaired) electrons. The molecule has 0 aliphatic rings. The largest absolute Gasteiger partial charge is 0.438 e. The van der Waals surface area contributed by atoms with Gasteiger partial charge in [0.15, 0.2) is 11.6 Å². The van der Waals surface area contributed by atoms with Crippen LogP contribution in [0.2, 0.25) is 0 Å². The lowest BCUT2D eigenvalue weighted by molar-refractivity contribution is 0.653. The predicted molar refractivity (Wildman–Crippen MR) is 439 cm³/mol. The molecule has 15 aromatic carbocycles. The van der Waals surface area contributed by atoms with Gasteiger partial charge in [0.2, 0.25) is 11.4 Å². The lowest BCUT2D eigenvalue weighted by atomic mass is 9.97. The van der Waals surface area contributed by atoms with Crippen molar-refractivity contribution in [2.24, 2.45) is 0 Å². The Morgan fingerprint density at radius 1 is 0.187 bits per heavy atom. The lowest BCUT2D eigenvalue weighted by Crippen LogP contribution is -1.95. The fourth-order valence-electron chi connectivity index (χ4n) is 16.5. The van der Waals surface area contributed by atoms with Gasteiger partial charge in [0.25, 0.3) is 0 Å². The Labute approximate surface area is 613 Å². The van der Waals surface area contributed by atoms with Crippen LogP contribution in [-0.4, -0.2) is 33.6 Å². The van der Waals surface area contributed by atoms with Crippen molar-refractivity contribution < 1.29 is 8.83 Å². The van der Waals surface area contributed by atoms with E-state index in [-0.39, 0.29) is 0 Å². The highest BCUT2D eigenvalue weighted by Crippen LogP contribution is 2.47. The number of hydrogen-bond acceptors (Lipinski definition) is 6. The number of furan rings is 2. The second-order valence-corrected chi connectivity index (χ2v) is 27.7. The molecule has 9 heteroatoms. The number of fused-ring (bicyclic) bond motifs is 15. The summed E-state index contributed by atoms with van der Waals surface area (Å²) in [5.41, 5.74) is 26.8. The number of nitrogens with zero attached hydrogens (tertiary/aromatic N) is 7. The molecule has 498 valence electrons. The second kappa shape index (κ2) is 24.0. The molecule has 0 saturated heterocycles. The van der Waals surface area contributed by atoms with Crippen molar-refractivity contribution in [1.29, 1.82) is 0 Å². The molecule has 107 heavy (non-hydrogen) atoms. The first-order chi connectivity index (χ1) is 53.0. The van der Waals surface area contributed by atoms with E-state index in [1.165, 1.54) is 10.8 Å². The zero-order valence-electron chi connectivity index (χ0n) is 57.5. The first kappa shape index (κ1) is 60.1. The van der Waals surface area contributed by atoms with Gasteiger partial charge < -0.3 is 22.5 Å². The number of benzene rings is 15. The van der Waals surface area contributed by atoms with Gasteiger partial charge in [-0.05, 0) is 154 Å². The second-order valence-electron chi connectivity index (χ2n) is 27.7. The van der Waals surface area contributed by atoms with Gasteiger partial charge in [-0.25, -0.2) is 9.97 Å². The molecule has 0 unspecified atom stereocenters. The summed E-state index contributed by atoms with van der Waals surface area (Å²) in [6.45, 7) is 0. The molecule has 9 nitrogen and oxygen atoms in total. The third kappa shape index (κ3) is 9.79. The third-order valence-corrected chi connectivity index (χ3v) is 21.5. The van der Waals surface area contributed by atoms with Gasteiger partial charge >= 0.3 is 0 Å². The summed E-state index contributed by atoms with van der Waals surface area (Å²) in [6.07, 6.45) is 0. The summed E-state index contributed by atoms with van der Waals surface area (Å²) in [5, 5.41) is 10.4. The zero-order chi connectivity index (χ0) is 70.2. The third-order valence-electron chi connectivity index (χ3n) is 21.5. The zero-order valence-corrected chi connectivity index (χ0v) is 57.5. The number of para-hydroxylation sites is 3. The molecule has 0 aliphatic heterocycles. The monoisotopic (exact) mass is 1370 g/mol. The van der Waals surface area contributed by atoms with Crippen LogP contribution in [0.15, 0.2) is 367 Å². The minimum Gasteiger partial charge on any atom is -0.438 e. The molecule has 7 aromatic heterocycles. The lowest BCUT2D eigenvalue weighted by Gasteiger charge is -2.12. The van der Waals surface area contributed by atoms with E-state index in [0.717, 1.165) is 183 Å². The summed E-state index contributed by atoms with van der Waals surface area (Å²) in [4.78, 5) is 20.9. The molecule has 0 aliphatic carbocycles. The van der Waals surface area contributed by atoms with Crippen molar-refractivity contribution in [2.75, 3.05) is 0 Å². The van der Waals surface area contributed by atoms with Gasteiger partial charge in [-0.1, -0.05) is 249 Å². The summed E-state index contributed by atoms with van der Waals surface area (Å²) in [5.74, 6) is 1.23. The molecule has 22 aromatic rings. The predicted octanol–water partition coefficient (Wildman–Crippen LogP) is 25.7. The fourth-order valence-corrected chi connectivity index (χ4v) is 16.5. The Bertz CT molecular complexity index is 7340. The van der Waals surface area contributed by atoms with Crippen molar-refractivity contribution in [3.05, 3.63) is 358 Å². The van der Waals surface area contributed by atoms with E-state index in [1.807, 2.05) is 54.6 Å². The highest BCUT2D eigenvalue weighted by atomic mass is 16.3. The van der Waals surface area contributed by atoms with Crippen LogP contribution in [0.3, 0.4) is 0 Å². The molecule has 0 fully saturated rings. The topological polar surface area (TPSA) is 92.6 Å². The fraction of sp³-hybridized carbons (Fsp3) is 0. The van der Waals surface area contributed by atoms with E-state index < -0.39 is 0 Å². The molecule has 0 bridgehead atoms. The number of aromatic nitrogens is 7. The van der Waals surface area contributed by atoms with Gasteiger partial charge in [-0.2, -0.15) is 9.97 Å². The molecule has 0 N–H and O–H groups in total. The normalized spacial score (nSPS) is 11.9. The molecule has 0 spiro atoms. The minimum atomic E-state index is 0.546. The maximum atomic E-state index is 6.88. The van der Waals surface area contributed by atoms with Gasteiger partial charge in [-0.15, -0.1) is 0 Å². The van der Waals surface area contributed by atoms with Crippen molar-refractivity contribution >= 4 is 110 Å². The average molecular weight is 1370 g/mol. The molecule has 0 amide bonds. The first-order valence-corrected chi connectivity index (χ1v) is 36.1. The first-order valence-electron chi connectivity index (χ1n) is 36.1. The molecule has 7 heterocycles. The number of hydrogen-bond donors (Lipinski definition) is 0. The van der Waals surface area contributed by atoms with Crippen LogP contribution in [-0.2, 0) is 0 Å². The Morgan fingerprint density at radius 2 is 0.533 bits per heavy atom. The standard InChI is InChI=1S/C98H59N7O2/c1-7-24-60(25-8-1)64-32-22-36-71(51-64)94-92-82-56-87-79(58-89(82)106-98(92)102-96(100-94)63-30-13-4-14-31-63)75-42-19-20-43-83(75)105(87)74-41-23-35-67(52-74)65-33-21-34-66(50-65)70-44-47-76-77-53-68(45-48-84(77)103(86(76)55-70)72-37-15-5-16-38-72)69-46-49-85-78(54-69)80-59-90-81(57-88(80)104(85)73-39-17-6-18-40-73)91-93(61-26-9-2-10-27-61)99-95(101-97(91)107-90)62-28-11-3-12-29-62/h1-59H. The molecule has 0 atom stereocenters. The molecular weight excluding hydrogens is 1310 g/mol. The minimum absolute atomic E-state index is 0.546. The van der Waals surface area contributed by atoms with Crippen LogP contribution in [0.4, 0.5) is 0 Å². The van der Waals surface area contributed by atoms with E-state index in [4.69, 9.17) is 28.8 Å². The van der Waals surface area contributed by atoms with Crippen LogP contribution in [0.1, 0.15) is 0 Å². The van der Waals surface area contributed by atoms with Gasteiger partial charge in [0.05, 0.1) is 55.3 Å². The van der Waals surface area contributed by atoms with E-state index in [1.54, 1.807) is 0 Å². The Kier molecular flexibility index (Phi) is 13.5. The molecular formula is C98H59N7O2. The average Bonchev–Trinajstić information content (AvgIpc) is 1.57. The van der Waals surface area contributed by atoms with Crippen molar-refractivity contribution in [1.82, 2.24) is 33.6 Å². The van der Waals surface area contributed by atoms with E-state index in [0.29, 0.717) is 23.1 Å². The highest BCUT2D eigenvalue weighted by Gasteiger charge is 2.26. The van der Waals surface area contributed by atoms with Crippen molar-refractivity contribution in [2.45, 2.75) is 0 Å². The van der Waals surface area contributed by atoms with Crippen molar-refractivity contribution in [3.8, 4) is 107 Å².